The molecule has 2 N–H and O–H groups in total. The number of nitrogens with zero attached hydrogens (tertiary/aromatic N) is 1. The molecular formula is C8H17F3N2O. The highest BCUT2D eigenvalue weighted by Gasteiger charge is 2.29. The molecule has 86 valence electrons. The number of hydrogen-bond donors (Lipinski definition) is 1. The highest BCUT2D eigenvalue weighted by atomic mass is 19.4. The van der Waals surface area contributed by atoms with Crippen LogP contribution in [0.15, 0.2) is 0 Å². The Hall–Kier alpha value is -0.330. The molecule has 0 heterocycles. The molecule has 0 aromatic rings. The lowest BCUT2D eigenvalue weighted by atomic mass is 10.2. The van der Waals surface area contributed by atoms with Gasteiger partial charge in [-0.05, 0) is 13.5 Å². The summed E-state index contributed by atoms with van der Waals surface area (Å²) in [5.74, 6) is 0. The first kappa shape index (κ1) is 13.7. The number of rotatable bonds is 6. The molecule has 0 spiro atoms. The second kappa shape index (κ2) is 6.21. The van der Waals surface area contributed by atoms with Gasteiger partial charge in [0.2, 0.25) is 0 Å². The zero-order valence-corrected chi connectivity index (χ0v) is 8.47. The molecule has 0 rings (SSSR count). The predicted molar refractivity (Wildman–Crippen MR) is 48.0 cm³/mol. The van der Waals surface area contributed by atoms with E-state index in [4.69, 9.17) is 10.5 Å². The highest BCUT2D eigenvalue weighted by Crippen LogP contribution is 2.15. The van der Waals surface area contributed by atoms with Gasteiger partial charge in [-0.25, -0.2) is 0 Å². The quantitative estimate of drug-likeness (QED) is 0.712. The van der Waals surface area contributed by atoms with Crippen LogP contribution in [0.4, 0.5) is 13.2 Å². The van der Waals surface area contributed by atoms with Crippen molar-refractivity contribution in [2.45, 2.75) is 18.7 Å². The van der Waals surface area contributed by atoms with Gasteiger partial charge in [0.05, 0.1) is 12.6 Å². The average molecular weight is 214 g/mol. The van der Waals surface area contributed by atoms with Crippen molar-refractivity contribution in [1.29, 1.82) is 0 Å². The number of halogens is 3. The summed E-state index contributed by atoms with van der Waals surface area (Å²) in [5, 5.41) is 0. The zero-order valence-electron chi connectivity index (χ0n) is 8.47. The van der Waals surface area contributed by atoms with Crippen LogP contribution in [0, 0.1) is 0 Å². The molecule has 0 amide bonds. The summed E-state index contributed by atoms with van der Waals surface area (Å²) in [5.41, 5.74) is 5.33. The van der Waals surface area contributed by atoms with E-state index in [2.05, 4.69) is 0 Å². The Balaban J connectivity index is 3.67. The van der Waals surface area contributed by atoms with Gasteiger partial charge in [-0.2, -0.15) is 13.2 Å². The molecule has 3 nitrogen and oxygen atoms in total. The minimum absolute atomic E-state index is 0.161. The highest BCUT2D eigenvalue weighted by molar-refractivity contribution is 4.64. The third-order valence-electron chi connectivity index (χ3n) is 1.88. The Labute approximate surface area is 82.0 Å². The molecular weight excluding hydrogens is 197 g/mol. The maximum absolute atomic E-state index is 11.9. The van der Waals surface area contributed by atoms with E-state index in [0.717, 1.165) is 0 Å². The van der Waals surface area contributed by atoms with Crippen LogP contribution in [-0.4, -0.2) is 51.0 Å². The molecule has 1 unspecified atom stereocenters. The largest absolute Gasteiger partial charge is 0.401 e. The summed E-state index contributed by atoms with van der Waals surface area (Å²) in [6, 6.07) is 0. The summed E-state index contributed by atoms with van der Waals surface area (Å²) >= 11 is 0. The van der Waals surface area contributed by atoms with Crippen LogP contribution in [0.25, 0.3) is 0 Å². The van der Waals surface area contributed by atoms with E-state index < -0.39 is 12.7 Å². The standard InChI is InChI=1S/C8H17F3N2O/c1-13(6-8(9,10)11)4-3-7(5-12)14-2/h7H,3-6,12H2,1-2H3. The van der Waals surface area contributed by atoms with Crippen molar-refractivity contribution in [3.8, 4) is 0 Å². The molecule has 0 aliphatic carbocycles. The van der Waals surface area contributed by atoms with Crippen molar-refractivity contribution >= 4 is 0 Å². The van der Waals surface area contributed by atoms with E-state index in [1.165, 1.54) is 19.1 Å². The minimum Gasteiger partial charge on any atom is -0.380 e. The first-order chi connectivity index (χ1) is 6.39. The van der Waals surface area contributed by atoms with Gasteiger partial charge in [-0.3, -0.25) is 4.90 Å². The lowest BCUT2D eigenvalue weighted by molar-refractivity contribution is -0.143. The van der Waals surface area contributed by atoms with Gasteiger partial charge in [-0.15, -0.1) is 0 Å². The molecule has 14 heavy (non-hydrogen) atoms. The Morgan fingerprint density at radius 1 is 1.43 bits per heavy atom. The summed E-state index contributed by atoms with van der Waals surface area (Å²) in [6.45, 7) is -0.237. The Morgan fingerprint density at radius 2 is 2.00 bits per heavy atom. The zero-order chi connectivity index (χ0) is 11.2. The number of ether oxygens (including phenoxy) is 1. The van der Waals surface area contributed by atoms with Crippen LogP contribution in [0.1, 0.15) is 6.42 Å². The molecule has 0 aromatic carbocycles. The molecule has 0 aromatic heterocycles. The first-order valence-electron chi connectivity index (χ1n) is 4.37. The van der Waals surface area contributed by atoms with Crippen LogP contribution in [-0.2, 0) is 4.74 Å². The van der Waals surface area contributed by atoms with Crippen molar-refractivity contribution in [1.82, 2.24) is 4.90 Å². The van der Waals surface area contributed by atoms with E-state index in [9.17, 15) is 13.2 Å². The van der Waals surface area contributed by atoms with E-state index >= 15 is 0 Å². The van der Waals surface area contributed by atoms with Crippen LogP contribution in [0.2, 0.25) is 0 Å². The molecule has 0 bridgehead atoms. The number of nitrogens with two attached hydrogens (primary N) is 1. The predicted octanol–water partition coefficient (Wildman–Crippen LogP) is 0.844. The Morgan fingerprint density at radius 3 is 2.36 bits per heavy atom. The smallest absolute Gasteiger partial charge is 0.380 e. The van der Waals surface area contributed by atoms with Crippen LogP contribution in [0.5, 0.6) is 0 Å². The van der Waals surface area contributed by atoms with E-state index in [-0.39, 0.29) is 6.10 Å². The molecule has 0 aliphatic heterocycles. The molecule has 0 saturated heterocycles. The second-order valence-corrected chi connectivity index (χ2v) is 3.24. The van der Waals surface area contributed by atoms with E-state index in [0.29, 0.717) is 19.5 Å². The van der Waals surface area contributed by atoms with Crippen molar-refractivity contribution in [2.24, 2.45) is 5.73 Å². The molecule has 0 aliphatic rings. The third kappa shape index (κ3) is 7.11. The summed E-state index contributed by atoms with van der Waals surface area (Å²) < 4.78 is 40.6. The third-order valence-corrected chi connectivity index (χ3v) is 1.88. The van der Waals surface area contributed by atoms with Crippen molar-refractivity contribution in [2.75, 3.05) is 33.8 Å². The monoisotopic (exact) mass is 214 g/mol. The summed E-state index contributed by atoms with van der Waals surface area (Å²) in [6.07, 6.45) is -3.79. The van der Waals surface area contributed by atoms with Crippen LogP contribution >= 0.6 is 0 Å². The maximum Gasteiger partial charge on any atom is 0.401 e. The maximum atomic E-state index is 11.9. The summed E-state index contributed by atoms with van der Waals surface area (Å²) in [7, 11) is 2.93. The lowest BCUT2D eigenvalue weighted by Crippen LogP contribution is -2.34. The average Bonchev–Trinajstić information content (AvgIpc) is 2.03. The fourth-order valence-electron chi connectivity index (χ4n) is 1.08. The van der Waals surface area contributed by atoms with Crippen molar-refractivity contribution in [3.63, 3.8) is 0 Å². The number of hydrogen-bond acceptors (Lipinski definition) is 3. The Kier molecular flexibility index (Phi) is 6.06. The molecule has 0 fully saturated rings. The van der Waals surface area contributed by atoms with E-state index in [1.54, 1.807) is 0 Å². The van der Waals surface area contributed by atoms with Crippen LogP contribution in [0.3, 0.4) is 0 Å². The van der Waals surface area contributed by atoms with Crippen LogP contribution < -0.4 is 5.73 Å². The number of alkyl halides is 3. The fourth-order valence-corrected chi connectivity index (χ4v) is 1.08. The Bertz CT molecular complexity index is 148. The van der Waals surface area contributed by atoms with Gasteiger partial charge in [-0.1, -0.05) is 0 Å². The lowest BCUT2D eigenvalue weighted by Gasteiger charge is -2.20. The summed E-state index contributed by atoms with van der Waals surface area (Å²) in [4.78, 5) is 1.21. The van der Waals surface area contributed by atoms with E-state index in [1.807, 2.05) is 0 Å². The first-order valence-corrected chi connectivity index (χ1v) is 4.37. The van der Waals surface area contributed by atoms with Crippen molar-refractivity contribution < 1.29 is 17.9 Å². The van der Waals surface area contributed by atoms with Gasteiger partial charge >= 0.3 is 6.18 Å². The fraction of sp³-hybridized carbons (Fsp3) is 1.00. The van der Waals surface area contributed by atoms with Gasteiger partial charge in [0.15, 0.2) is 0 Å². The molecule has 0 radical (unpaired) electrons. The minimum atomic E-state index is -4.14. The number of methoxy groups -OCH3 is 1. The van der Waals surface area contributed by atoms with Gasteiger partial charge in [0.1, 0.15) is 0 Å². The van der Waals surface area contributed by atoms with Gasteiger partial charge in [0.25, 0.3) is 0 Å². The SMILES string of the molecule is COC(CN)CCN(C)CC(F)(F)F. The van der Waals surface area contributed by atoms with Gasteiger partial charge in [0, 0.05) is 20.2 Å². The topological polar surface area (TPSA) is 38.5 Å². The molecule has 1 atom stereocenters. The normalized spacial score (nSPS) is 14.8. The molecule has 6 heteroatoms. The van der Waals surface area contributed by atoms with Crippen molar-refractivity contribution in [3.05, 3.63) is 0 Å². The molecule has 0 saturated carbocycles. The second-order valence-electron chi connectivity index (χ2n) is 3.24. The van der Waals surface area contributed by atoms with Gasteiger partial charge < -0.3 is 10.5 Å².